The van der Waals surface area contributed by atoms with Gasteiger partial charge in [-0.2, -0.15) is 15.3 Å². The number of carbonyl (C=O) groups is 1. The van der Waals surface area contributed by atoms with E-state index in [1.54, 1.807) is 17.9 Å². The third kappa shape index (κ3) is 5.42. The second-order valence-corrected chi connectivity index (χ2v) is 7.34. The van der Waals surface area contributed by atoms with Gasteiger partial charge in [-0.15, -0.1) is 0 Å². The predicted octanol–water partition coefficient (Wildman–Crippen LogP) is 3.25. The number of nitrogens with zero attached hydrogens (tertiary/aromatic N) is 4. The van der Waals surface area contributed by atoms with Gasteiger partial charge in [0.15, 0.2) is 5.69 Å². The molecule has 2 aromatic heterocycles. The fourth-order valence-electron chi connectivity index (χ4n) is 3.00. The van der Waals surface area contributed by atoms with Crippen molar-refractivity contribution in [1.29, 1.82) is 5.26 Å². The Morgan fingerprint density at radius 3 is 2.97 bits per heavy atom. The largest absolute Gasteiger partial charge is 0.431 e. The Hall–Kier alpha value is -3.35. The maximum absolute atomic E-state index is 12.4. The number of carbonyl (C=O) groups excluding carboxylic acids is 1. The van der Waals surface area contributed by atoms with Crippen LogP contribution >= 0.6 is 11.6 Å². The lowest BCUT2D eigenvalue weighted by Gasteiger charge is -2.13. The van der Waals surface area contributed by atoms with Crippen LogP contribution in [0.2, 0.25) is 5.02 Å². The molecule has 2 heterocycles. The Labute approximate surface area is 185 Å². The van der Waals surface area contributed by atoms with Crippen molar-refractivity contribution in [3.05, 3.63) is 52.5 Å². The van der Waals surface area contributed by atoms with Crippen LogP contribution in [0.4, 0.5) is 6.01 Å². The number of aromatic nitrogens is 3. The van der Waals surface area contributed by atoms with Crippen LogP contribution in [0, 0.1) is 18.3 Å². The molecule has 1 amide bonds. The molecule has 1 unspecified atom stereocenters. The zero-order valence-corrected chi connectivity index (χ0v) is 18.2. The van der Waals surface area contributed by atoms with E-state index in [1.165, 1.54) is 6.26 Å². The van der Waals surface area contributed by atoms with Gasteiger partial charge in [-0.3, -0.25) is 9.48 Å². The number of methoxy groups -OCH3 is 1. The maximum Gasteiger partial charge on any atom is 0.295 e. The first-order valence-corrected chi connectivity index (χ1v) is 10.0. The molecule has 0 saturated carbocycles. The van der Waals surface area contributed by atoms with Crippen molar-refractivity contribution in [2.75, 3.05) is 25.6 Å². The van der Waals surface area contributed by atoms with Crippen LogP contribution in [0.1, 0.15) is 28.5 Å². The lowest BCUT2D eigenvalue weighted by Crippen LogP contribution is -2.36. The van der Waals surface area contributed by atoms with E-state index in [1.807, 2.05) is 32.2 Å². The van der Waals surface area contributed by atoms with E-state index in [9.17, 15) is 4.79 Å². The van der Waals surface area contributed by atoms with Gasteiger partial charge in [-0.1, -0.05) is 17.7 Å². The van der Waals surface area contributed by atoms with Crippen LogP contribution in [-0.2, 0) is 11.3 Å². The van der Waals surface area contributed by atoms with E-state index in [0.29, 0.717) is 30.3 Å². The molecule has 3 rings (SSSR count). The summed E-state index contributed by atoms with van der Waals surface area (Å²) in [6.45, 7) is 5.23. The molecule has 0 spiro atoms. The van der Waals surface area contributed by atoms with Crippen molar-refractivity contribution in [1.82, 2.24) is 20.1 Å². The van der Waals surface area contributed by atoms with Crippen LogP contribution in [0.15, 0.2) is 35.1 Å². The molecule has 0 bridgehead atoms. The summed E-state index contributed by atoms with van der Waals surface area (Å²) < 4.78 is 11.9. The number of hydrogen-bond acceptors (Lipinski definition) is 7. The molecule has 9 nitrogen and oxygen atoms in total. The van der Waals surface area contributed by atoms with E-state index in [0.717, 1.165) is 16.8 Å². The molecule has 0 aliphatic rings. The average molecular weight is 443 g/mol. The Morgan fingerprint density at radius 2 is 2.23 bits per heavy atom. The number of rotatable bonds is 9. The minimum absolute atomic E-state index is 0.191. The molecule has 10 heteroatoms. The molecule has 0 aliphatic carbocycles. The van der Waals surface area contributed by atoms with Gasteiger partial charge in [-0.05, 0) is 31.5 Å². The molecule has 1 atom stereocenters. The topological polar surface area (TPSA) is 118 Å². The van der Waals surface area contributed by atoms with Crippen molar-refractivity contribution in [2.24, 2.45) is 0 Å². The first-order chi connectivity index (χ1) is 14.9. The van der Waals surface area contributed by atoms with E-state index in [-0.39, 0.29) is 23.7 Å². The molecule has 1 aromatic carbocycles. The molecule has 3 aromatic rings. The van der Waals surface area contributed by atoms with Gasteiger partial charge in [0.2, 0.25) is 0 Å². The fourth-order valence-corrected chi connectivity index (χ4v) is 3.21. The van der Waals surface area contributed by atoms with Crippen molar-refractivity contribution in [3.8, 4) is 17.3 Å². The van der Waals surface area contributed by atoms with Gasteiger partial charge in [0.1, 0.15) is 12.3 Å². The summed E-state index contributed by atoms with van der Waals surface area (Å²) in [5, 5.41) is 19.9. The van der Waals surface area contributed by atoms with E-state index >= 15 is 0 Å². The molecule has 2 N–H and O–H groups in total. The standard InChI is InChI=1S/C21H23ClN6O3/c1-13(25-20(29)18-12-31-21(26-18)24-7-9-30-3)11-28-8-6-17(27-28)16-5-4-15(10-23)19(22)14(16)2/h4-6,8,12-13H,7,9,11H2,1-3H3,(H,24,26)(H,25,29). The number of ether oxygens (including phenoxy) is 1. The van der Waals surface area contributed by atoms with Crippen LogP contribution in [0.3, 0.4) is 0 Å². The maximum atomic E-state index is 12.4. The monoisotopic (exact) mass is 442 g/mol. The molecule has 162 valence electrons. The Morgan fingerprint density at radius 1 is 1.42 bits per heavy atom. The number of oxazole rings is 1. The second kappa shape index (κ2) is 10.1. The van der Waals surface area contributed by atoms with Crippen molar-refractivity contribution in [3.63, 3.8) is 0 Å². The summed E-state index contributed by atoms with van der Waals surface area (Å²) in [6, 6.07) is 7.53. The molecule has 0 radical (unpaired) electrons. The molecule has 0 aliphatic heterocycles. The highest BCUT2D eigenvalue weighted by Gasteiger charge is 2.16. The van der Waals surface area contributed by atoms with Crippen molar-refractivity contribution in [2.45, 2.75) is 26.4 Å². The van der Waals surface area contributed by atoms with Crippen LogP contribution < -0.4 is 10.6 Å². The van der Waals surface area contributed by atoms with Crippen LogP contribution in [-0.4, -0.2) is 47.0 Å². The summed E-state index contributed by atoms with van der Waals surface area (Å²) in [5.41, 5.74) is 3.02. The zero-order chi connectivity index (χ0) is 22.4. The van der Waals surface area contributed by atoms with Gasteiger partial charge in [-0.25, -0.2) is 0 Å². The average Bonchev–Trinajstić information content (AvgIpc) is 3.40. The van der Waals surface area contributed by atoms with Crippen LogP contribution in [0.5, 0.6) is 0 Å². The first-order valence-electron chi connectivity index (χ1n) is 9.65. The predicted molar refractivity (Wildman–Crippen MR) is 116 cm³/mol. The lowest BCUT2D eigenvalue weighted by atomic mass is 10.0. The minimum atomic E-state index is -0.335. The summed E-state index contributed by atoms with van der Waals surface area (Å²) >= 11 is 6.26. The van der Waals surface area contributed by atoms with Gasteiger partial charge < -0.3 is 19.8 Å². The number of anilines is 1. The van der Waals surface area contributed by atoms with Crippen LogP contribution in [0.25, 0.3) is 11.3 Å². The smallest absolute Gasteiger partial charge is 0.295 e. The summed E-state index contributed by atoms with van der Waals surface area (Å²) in [5.74, 6) is -0.335. The second-order valence-electron chi connectivity index (χ2n) is 6.97. The normalized spacial score (nSPS) is 11.7. The molecule has 0 saturated heterocycles. The third-order valence-electron chi connectivity index (χ3n) is 4.58. The molecule has 31 heavy (non-hydrogen) atoms. The fraction of sp³-hybridized carbons (Fsp3) is 0.333. The Balaban J connectivity index is 1.60. The quantitative estimate of drug-likeness (QED) is 0.488. The lowest BCUT2D eigenvalue weighted by molar-refractivity contribution is 0.0931. The Bertz CT molecular complexity index is 1100. The summed E-state index contributed by atoms with van der Waals surface area (Å²) in [4.78, 5) is 16.5. The number of nitriles is 1. The van der Waals surface area contributed by atoms with Gasteiger partial charge in [0, 0.05) is 31.5 Å². The van der Waals surface area contributed by atoms with E-state index in [2.05, 4.69) is 26.8 Å². The highest BCUT2D eigenvalue weighted by Crippen LogP contribution is 2.29. The SMILES string of the molecule is COCCNc1nc(C(=O)NC(C)Cn2ccc(-c3ccc(C#N)c(Cl)c3C)n2)co1. The highest BCUT2D eigenvalue weighted by molar-refractivity contribution is 6.32. The molecular formula is C21H23ClN6O3. The number of halogens is 1. The van der Waals surface area contributed by atoms with E-state index in [4.69, 9.17) is 26.0 Å². The van der Waals surface area contributed by atoms with E-state index < -0.39 is 0 Å². The van der Waals surface area contributed by atoms with Crippen molar-refractivity contribution >= 4 is 23.5 Å². The Kier molecular flexibility index (Phi) is 7.28. The van der Waals surface area contributed by atoms with Gasteiger partial charge in [0.05, 0.1) is 29.4 Å². The number of benzene rings is 1. The number of nitrogens with one attached hydrogen (secondary N) is 2. The molecule has 0 fully saturated rings. The molecular weight excluding hydrogens is 420 g/mol. The van der Waals surface area contributed by atoms with Crippen molar-refractivity contribution < 1.29 is 13.9 Å². The number of hydrogen-bond donors (Lipinski definition) is 2. The zero-order valence-electron chi connectivity index (χ0n) is 17.5. The summed E-state index contributed by atoms with van der Waals surface area (Å²) in [6.07, 6.45) is 3.14. The van der Waals surface area contributed by atoms with Gasteiger partial charge in [0.25, 0.3) is 11.9 Å². The third-order valence-corrected chi connectivity index (χ3v) is 5.07. The first kappa shape index (κ1) is 22.3. The minimum Gasteiger partial charge on any atom is -0.431 e. The number of amides is 1. The summed E-state index contributed by atoms with van der Waals surface area (Å²) in [7, 11) is 1.60. The van der Waals surface area contributed by atoms with Gasteiger partial charge >= 0.3 is 0 Å². The highest BCUT2D eigenvalue weighted by atomic mass is 35.5.